The number of nitrogens with one attached hydrogen (secondary N) is 2. The van der Waals surface area contributed by atoms with Gasteiger partial charge in [-0.1, -0.05) is 39.9 Å². The van der Waals surface area contributed by atoms with Gasteiger partial charge in [0.15, 0.2) is 10.7 Å². The fourth-order valence-corrected chi connectivity index (χ4v) is 2.42. The van der Waals surface area contributed by atoms with Crippen molar-refractivity contribution in [3.05, 3.63) is 36.7 Å². The molecular formula is C11H11Cl3N6O3. The number of halogens is 3. The fourth-order valence-electron chi connectivity index (χ4n) is 1.78. The first kappa shape index (κ1) is 17.5. The quantitative estimate of drug-likeness (QED) is 0.453. The van der Waals surface area contributed by atoms with Crippen LogP contribution in [0.1, 0.15) is 22.6 Å². The van der Waals surface area contributed by atoms with Crippen molar-refractivity contribution in [2.75, 3.05) is 6.54 Å². The van der Waals surface area contributed by atoms with Crippen LogP contribution in [0.4, 0.5) is 5.82 Å². The monoisotopic (exact) mass is 380 g/mol. The van der Waals surface area contributed by atoms with Gasteiger partial charge in [0.2, 0.25) is 0 Å². The molecule has 0 bridgehead atoms. The second-order valence-electron chi connectivity index (χ2n) is 4.51. The molecule has 2 aromatic rings. The van der Waals surface area contributed by atoms with Crippen LogP contribution in [-0.4, -0.2) is 37.4 Å². The lowest BCUT2D eigenvalue weighted by Gasteiger charge is -2.04. The molecule has 0 aromatic carbocycles. The van der Waals surface area contributed by atoms with Crippen molar-refractivity contribution in [2.45, 2.75) is 19.9 Å². The molecule has 0 saturated carbocycles. The molecule has 2 N–H and O–H groups in total. The van der Waals surface area contributed by atoms with E-state index >= 15 is 0 Å². The van der Waals surface area contributed by atoms with Gasteiger partial charge in [-0.3, -0.25) is 9.48 Å². The van der Waals surface area contributed by atoms with Gasteiger partial charge in [0, 0.05) is 13.1 Å². The number of carbonyl (C=O) groups excluding carboxylic acids is 1. The summed E-state index contributed by atoms with van der Waals surface area (Å²) in [5.74, 6) is -1.13. The minimum atomic E-state index is -0.752. The first-order valence-electron chi connectivity index (χ1n) is 6.37. The van der Waals surface area contributed by atoms with Crippen molar-refractivity contribution in [1.82, 2.24) is 25.3 Å². The van der Waals surface area contributed by atoms with Crippen molar-refractivity contribution in [2.24, 2.45) is 0 Å². The van der Waals surface area contributed by atoms with Crippen molar-refractivity contribution < 1.29 is 9.72 Å². The van der Waals surface area contributed by atoms with Crippen LogP contribution in [0.2, 0.25) is 15.2 Å². The average Bonchev–Trinajstić information content (AvgIpc) is 2.99. The highest BCUT2D eigenvalue weighted by molar-refractivity contribution is 6.41. The smallest absolute Gasteiger partial charge is 0.358 e. The molecule has 0 aliphatic heterocycles. The van der Waals surface area contributed by atoms with Gasteiger partial charge in [-0.2, -0.15) is 5.10 Å². The molecule has 2 rings (SSSR count). The van der Waals surface area contributed by atoms with Gasteiger partial charge in [-0.15, -0.1) is 5.10 Å². The molecule has 124 valence electrons. The predicted octanol–water partition coefficient (Wildman–Crippen LogP) is 2.60. The van der Waals surface area contributed by atoms with Gasteiger partial charge in [0.1, 0.15) is 10.2 Å². The number of nitro groups is 1. The van der Waals surface area contributed by atoms with Crippen LogP contribution in [0, 0.1) is 17.0 Å². The van der Waals surface area contributed by atoms with Gasteiger partial charge >= 0.3 is 5.82 Å². The number of hydrogen-bond acceptors (Lipinski definition) is 5. The van der Waals surface area contributed by atoms with Gasteiger partial charge in [-0.05, 0) is 18.3 Å². The number of aromatic amines is 1. The Morgan fingerprint density at radius 1 is 1.39 bits per heavy atom. The molecule has 9 nitrogen and oxygen atoms in total. The average molecular weight is 382 g/mol. The van der Waals surface area contributed by atoms with E-state index < -0.39 is 16.6 Å². The van der Waals surface area contributed by atoms with E-state index in [1.165, 1.54) is 4.68 Å². The maximum absolute atomic E-state index is 11.9. The summed E-state index contributed by atoms with van der Waals surface area (Å²) in [5, 5.41) is 23.4. The maximum Gasteiger partial charge on any atom is 0.362 e. The molecule has 0 aliphatic carbocycles. The Morgan fingerprint density at radius 2 is 2.09 bits per heavy atom. The van der Waals surface area contributed by atoms with Crippen LogP contribution < -0.4 is 5.32 Å². The Labute approximate surface area is 145 Å². The summed E-state index contributed by atoms with van der Waals surface area (Å²) >= 11 is 17.6. The SMILES string of the molecule is Cc1nn(CCCNC(=O)c2n[nH]c([N+](=O)[O-])c2Cl)c(Cl)c1Cl. The summed E-state index contributed by atoms with van der Waals surface area (Å²) < 4.78 is 1.53. The summed E-state index contributed by atoms with van der Waals surface area (Å²) in [6.07, 6.45) is 0.521. The van der Waals surface area contributed by atoms with E-state index in [-0.39, 0.29) is 17.3 Å². The zero-order chi connectivity index (χ0) is 17.1. The highest BCUT2D eigenvalue weighted by atomic mass is 35.5. The first-order chi connectivity index (χ1) is 10.8. The van der Waals surface area contributed by atoms with E-state index in [4.69, 9.17) is 34.8 Å². The van der Waals surface area contributed by atoms with Crippen molar-refractivity contribution in [3.8, 4) is 0 Å². The first-order valence-corrected chi connectivity index (χ1v) is 7.51. The third kappa shape index (κ3) is 3.74. The number of hydrogen-bond donors (Lipinski definition) is 2. The number of amides is 1. The van der Waals surface area contributed by atoms with Gasteiger partial charge in [0.25, 0.3) is 5.91 Å². The third-order valence-corrected chi connectivity index (χ3v) is 4.21. The molecular weight excluding hydrogens is 371 g/mol. The molecule has 23 heavy (non-hydrogen) atoms. The lowest BCUT2D eigenvalue weighted by atomic mass is 10.3. The Bertz CT molecular complexity index is 757. The largest absolute Gasteiger partial charge is 0.362 e. The number of rotatable bonds is 6. The maximum atomic E-state index is 11.9. The second-order valence-corrected chi connectivity index (χ2v) is 5.63. The molecule has 2 aromatic heterocycles. The van der Waals surface area contributed by atoms with Crippen molar-refractivity contribution in [1.29, 1.82) is 0 Å². The van der Waals surface area contributed by atoms with Crippen LogP contribution in [0.15, 0.2) is 0 Å². The summed E-state index contributed by atoms with van der Waals surface area (Å²) in [6.45, 7) is 2.46. The minimum Gasteiger partial charge on any atom is -0.358 e. The second kappa shape index (κ2) is 7.16. The molecule has 1 amide bonds. The Morgan fingerprint density at radius 3 is 2.61 bits per heavy atom. The molecule has 0 spiro atoms. The number of aryl methyl sites for hydroxylation is 2. The number of nitrogens with zero attached hydrogens (tertiary/aromatic N) is 4. The van der Waals surface area contributed by atoms with Gasteiger partial charge in [-0.25, -0.2) is 0 Å². The number of H-pyrrole nitrogens is 1. The Hall–Kier alpha value is -1.84. The van der Waals surface area contributed by atoms with E-state index in [0.29, 0.717) is 28.8 Å². The lowest BCUT2D eigenvalue weighted by Crippen LogP contribution is -2.26. The van der Waals surface area contributed by atoms with Crippen molar-refractivity contribution >= 4 is 46.5 Å². The fraction of sp³-hybridized carbons (Fsp3) is 0.364. The zero-order valence-corrected chi connectivity index (χ0v) is 14.0. The summed E-state index contributed by atoms with van der Waals surface area (Å²) in [4.78, 5) is 21.7. The van der Waals surface area contributed by atoms with E-state index in [1.54, 1.807) is 6.92 Å². The van der Waals surface area contributed by atoms with Crippen LogP contribution in [0.5, 0.6) is 0 Å². The van der Waals surface area contributed by atoms with Crippen LogP contribution >= 0.6 is 34.8 Å². The lowest BCUT2D eigenvalue weighted by molar-refractivity contribution is -0.389. The number of carbonyl (C=O) groups is 1. The molecule has 12 heteroatoms. The van der Waals surface area contributed by atoms with Crippen LogP contribution in [0.3, 0.4) is 0 Å². The standard InChI is InChI=1S/C11H11Cl3N6O3/c1-5-6(12)9(14)19(18-5)4-2-3-15-11(21)8-7(13)10(17-16-8)20(22)23/h2-4H2,1H3,(H,15,21)(H,16,17). The summed E-state index contributed by atoms with van der Waals surface area (Å²) in [7, 11) is 0. The topological polar surface area (TPSA) is 119 Å². The predicted molar refractivity (Wildman–Crippen MR) is 84.2 cm³/mol. The highest BCUT2D eigenvalue weighted by Crippen LogP contribution is 2.25. The van der Waals surface area contributed by atoms with Crippen molar-refractivity contribution in [3.63, 3.8) is 0 Å². The summed E-state index contributed by atoms with van der Waals surface area (Å²) in [6, 6.07) is 0. The normalized spacial score (nSPS) is 10.8. The Kier molecular flexibility index (Phi) is 5.45. The van der Waals surface area contributed by atoms with E-state index in [1.807, 2.05) is 0 Å². The minimum absolute atomic E-state index is 0.227. The molecule has 0 unspecified atom stereocenters. The molecule has 0 saturated heterocycles. The van der Waals surface area contributed by atoms with E-state index in [2.05, 4.69) is 20.6 Å². The molecule has 0 aliphatic rings. The van der Waals surface area contributed by atoms with Crippen LogP contribution in [0.25, 0.3) is 0 Å². The van der Waals surface area contributed by atoms with Crippen LogP contribution in [-0.2, 0) is 6.54 Å². The number of aromatic nitrogens is 4. The van der Waals surface area contributed by atoms with E-state index in [9.17, 15) is 14.9 Å². The highest BCUT2D eigenvalue weighted by Gasteiger charge is 2.24. The zero-order valence-electron chi connectivity index (χ0n) is 11.8. The molecule has 0 fully saturated rings. The summed E-state index contributed by atoms with van der Waals surface area (Å²) in [5.41, 5.74) is 0.394. The molecule has 0 radical (unpaired) electrons. The molecule has 2 heterocycles. The third-order valence-electron chi connectivity index (χ3n) is 2.92. The Balaban J connectivity index is 1.88. The van der Waals surface area contributed by atoms with Gasteiger partial charge in [0.05, 0.1) is 5.69 Å². The van der Waals surface area contributed by atoms with Gasteiger partial charge < -0.3 is 15.4 Å². The van der Waals surface area contributed by atoms with E-state index in [0.717, 1.165) is 0 Å². The molecule has 0 atom stereocenters.